The number of nitrogens with one attached hydrogen (secondary N) is 1. The lowest BCUT2D eigenvalue weighted by atomic mass is 10.1. The summed E-state index contributed by atoms with van der Waals surface area (Å²) in [7, 11) is 0. The third kappa shape index (κ3) is 6.56. The van der Waals surface area contributed by atoms with Crippen LogP contribution >= 0.6 is 11.3 Å². The minimum atomic E-state index is -0.858. The third-order valence-corrected chi connectivity index (χ3v) is 3.10. The molecule has 0 saturated heterocycles. The second-order valence-electron chi connectivity index (χ2n) is 4.44. The van der Waals surface area contributed by atoms with Gasteiger partial charge < -0.3 is 15.2 Å². The second kappa shape index (κ2) is 8.05. The van der Waals surface area contributed by atoms with Gasteiger partial charge in [-0.1, -0.05) is 13.8 Å². The lowest BCUT2D eigenvalue weighted by Gasteiger charge is -2.06. The Labute approximate surface area is 111 Å². The van der Waals surface area contributed by atoms with Crippen LogP contribution in [0.15, 0.2) is 5.38 Å². The SMILES string of the molecule is CC(C)CCOCCNc1nc(CC(=O)O)cs1. The van der Waals surface area contributed by atoms with E-state index in [2.05, 4.69) is 24.1 Å². The van der Waals surface area contributed by atoms with Gasteiger partial charge in [0, 0.05) is 18.5 Å². The Hall–Kier alpha value is -1.14. The van der Waals surface area contributed by atoms with E-state index in [1.807, 2.05) is 0 Å². The number of carboxylic acids is 1. The highest BCUT2D eigenvalue weighted by atomic mass is 32.1. The minimum Gasteiger partial charge on any atom is -0.481 e. The Morgan fingerprint density at radius 1 is 1.56 bits per heavy atom. The van der Waals surface area contributed by atoms with Crippen LogP contribution in [-0.2, 0) is 16.0 Å². The Bertz CT molecular complexity index is 366. The predicted octanol–water partition coefficient (Wildman–Crippen LogP) is 2.24. The summed E-state index contributed by atoms with van der Waals surface area (Å²) >= 11 is 1.42. The van der Waals surface area contributed by atoms with Crippen LogP contribution in [0.25, 0.3) is 0 Å². The highest BCUT2D eigenvalue weighted by molar-refractivity contribution is 7.13. The minimum absolute atomic E-state index is 0.0247. The van der Waals surface area contributed by atoms with Crippen LogP contribution < -0.4 is 5.32 Å². The molecule has 0 bridgehead atoms. The van der Waals surface area contributed by atoms with E-state index in [9.17, 15) is 4.79 Å². The van der Waals surface area contributed by atoms with Gasteiger partial charge in [0.25, 0.3) is 0 Å². The molecule has 6 heteroatoms. The highest BCUT2D eigenvalue weighted by Crippen LogP contribution is 2.15. The molecule has 18 heavy (non-hydrogen) atoms. The summed E-state index contributed by atoms with van der Waals surface area (Å²) in [6.07, 6.45) is 1.04. The normalized spacial score (nSPS) is 10.8. The van der Waals surface area contributed by atoms with E-state index in [0.717, 1.165) is 18.2 Å². The number of hydrogen-bond donors (Lipinski definition) is 2. The number of hydrogen-bond acceptors (Lipinski definition) is 5. The number of rotatable bonds is 9. The van der Waals surface area contributed by atoms with Gasteiger partial charge in [0.2, 0.25) is 0 Å². The number of thiazole rings is 1. The lowest BCUT2D eigenvalue weighted by Crippen LogP contribution is -2.10. The van der Waals surface area contributed by atoms with Crippen LogP contribution in [0, 0.1) is 5.92 Å². The van der Waals surface area contributed by atoms with E-state index in [4.69, 9.17) is 9.84 Å². The van der Waals surface area contributed by atoms with E-state index >= 15 is 0 Å². The van der Waals surface area contributed by atoms with Gasteiger partial charge in [-0.15, -0.1) is 11.3 Å². The number of nitrogens with zero attached hydrogens (tertiary/aromatic N) is 1. The first kappa shape index (κ1) is 14.9. The molecule has 1 aromatic rings. The summed E-state index contributed by atoms with van der Waals surface area (Å²) in [5.74, 6) is -0.195. The molecule has 0 saturated carbocycles. The fourth-order valence-electron chi connectivity index (χ4n) is 1.28. The zero-order valence-electron chi connectivity index (χ0n) is 10.8. The van der Waals surface area contributed by atoms with Gasteiger partial charge in [-0.2, -0.15) is 0 Å². The molecule has 102 valence electrons. The summed E-state index contributed by atoms with van der Waals surface area (Å²) in [6.45, 7) is 6.45. The first-order valence-electron chi connectivity index (χ1n) is 6.05. The molecule has 0 radical (unpaired) electrons. The molecule has 0 aliphatic heterocycles. The van der Waals surface area contributed by atoms with Crippen molar-refractivity contribution in [3.8, 4) is 0 Å². The van der Waals surface area contributed by atoms with Crippen molar-refractivity contribution in [1.82, 2.24) is 4.98 Å². The van der Waals surface area contributed by atoms with E-state index in [-0.39, 0.29) is 6.42 Å². The Morgan fingerprint density at radius 3 is 3.00 bits per heavy atom. The number of carboxylic acid groups (broad SMARTS) is 1. The zero-order valence-corrected chi connectivity index (χ0v) is 11.6. The molecular formula is C12H20N2O3S. The average molecular weight is 272 g/mol. The van der Waals surface area contributed by atoms with E-state index in [1.165, 1.54) is 11.3 Å². The summed E-state index contributed by atoms with van der Waals surface area (Å²) in [5.41, 5.74) is 0.593. The summed E-state index contributed by atoms with van der Waals surface area (Å²) in [5, 5.41) is 14.2. The molecule has 1 rings (SSSR count). The molecule has 0 aliphatic carbocycles. The van der Waals surface area contributed by atoms with Gasteiger partial charge in [0.15, 0.2) is 5.13 Å². The summed E-state index contributed by atoms with van der Waals surface area (Å²) in [4.78, 5) is 14.7. The fraction of sp³-hybridized carbons (Fsp3) is 0.667. The fourth-order valence-corrected chi connectivity index (χ4v) is 2.01. The number of carbonyl (C=O) groups is 1. The largest absolute Gasteiger partial charge is 0.481 e. The lowest BCUT2D eigenvalue weighted by molar-refractivity contribution is -0.136. The molecule has 0 amide bonds. The molecule has 0 aliphatic rings. The molecule has 1 aromatic heterocycles. The third-order valence-electron chi connectivity index (χ3n) is 2.25. The van der Waals surface area contributed by atoms with Gasteiger partial charge in [-0.05, 0) is 12.3 Å². The first-order valence-corrected chi connectivity index (χ1v) is 6.93. The summed E-state index contributed by atoms with van der Waals surface area (Å²) < 4.78 is 5.46. The Morgan fingerprint density at radius 2 is 2.33 bits per heavy atom. The number of aliphatic carboxylic acids is 1. The molecule has 0 spiro atoms. The van der Waals surface area contributed by atoms with Crippen molar-refractivity contribution < 1.29 is 14.6 Å². The van der Waals surface area contributed by atoms with E-state index in [1.54, 1.807) is 5.38 Å². The maximum atomic E-state index is 10.5. The monoisotopic (exact) mass is 272 g/mol. The van der Waals surface area contributed by atoms with Gasteiger partial charge in [-0.3, -0.25) is 4.79 Å². The van der Waals surface area contributed by atoms with Crippen LogP contribution in [-0.4, -0.2) is 35.8 Å². The van der Waals surface area contributed by atoms with E-state index < -0.39 is 5.97 Å². The van der Waals surface area contributed by atoms with Crippen LogP contribution in [0.1, 0.15) is 26.0 Å². The molecule has 0 aromatic carbocycles. The Balaban J connectivity index is 2.12. The van der Waals surface area contributed by atoms with Gasteiger partial charge >= 0.3 is 5.97 Å². The van der Waals surface area contributed by atoms with Crippen LogP contribution in [0.2, 0.25) is 0 Å². The molecule has 2 N–H and O–H groups in total. The van der Waals surface area contributed by atoms with Crippen molar-refractivity contribution in [2.45, 2.75) is 26.7 Å². The van der Waals surface area contributed by atoms with Crippen molar-refractivity contribution in [3.05, 3.63) is 11.1 Å². The van der Waals surface area contributed by atoms with Crippen LogP contribution in [0.4, 0.5) is 5.13 Å². The van der Waals surface area contributed by atoms with Crippen molar-refractivity contribution in [3.63, 3.8) is 0 Å². The number of aromatic nitrogens is 1. The van der Waals surface area contributed by atoms with Gasteiger partial charge in [-0.25, -0.2) is 4.98 Å². The molecule has 1 heterocycles. The van der Waals surface area contributed by atoms with Crippen molar-refractivity contribution in [2.24, 2.45) is 5.92 Å². The highest BCUT2D eigenvalue weighted by Gasteiger charge is 2.05. The molecular weight excluding hydrogens is 252 g/mol. The molecule has 0 unspecified atom stereocenters. The van der Waals surface area contributed by atoms with Crippen molar-refractivity contribution in [2.75, 3.05) is 25.1 Å². The smallest absolute Gasteiger partial charge is 0.309 e. The van der Waals surface area contributed by atoms with Gasteiger partial charge in [0.05, 0.1) is 18.7 Å². The summed E-state index contributed by atoms with van der Waals surface area (Å²) in [6, 6.07) is 0. The van der Waals surface area contributed by atoms with Crippen LogP contribution in [0.5, 0.6) is 0 Å². The maximum absolute atomic E-state index is 10.5. The Kier molecular flexibility index (Phi) is 6.67. The zero-order chi connectivity index (χ0) is 13.4. The average Bonchev–Trinajstić information content (AvgIpc) is 2.69. The topological polar surface area (TPSA) is 71.5 Å². The predicted molar refractivity (Wildman–Crippen MR) is 72.2 cm³/mol. The van der Waals surface area contributed by atoms with Crippen LogP contribution in [0.3, 0.4) is 0 Å². The molecule has 5 nitrogen and oxygen atoms in total. The van der Waals surface area contributed by atoms with Crippen molar-refractivity contribution >= 4 is 22.4 Å². The quantitative estimate of drug-likeness (QED) is 0.675. The molecule has 0 atom stereocenters. The first-order chi connectivity index (χ1) is 8.58. The second-order valence-corrected chi connectivity index (χ2v) is 5.29. The van der Waals surface area contributed by atoms with Crippen molar-refractivity contribution in [1.29, 1.82) is 0 Å². The number of anilines is 1. The molecule has 0 fully saturated rings. The standard InChI is InChI=1S/C12H20N2O3S/c1-9(2)3-5-17-6-4-13-12-14-10(8-18-12)7-11(15)16/h8-9H,3-7H2,1-2H3,(H,13,14)(H,15,16). The maximum Gasteiger partial charge on any atom is 0.309 e. The van der Waals surface area contributed by atoms with Gasteiger partial charge in [0.1, 0.15) is 0 Å². The van der Waals surface area contributed by atoms with E-state index in [0.29, 0.717) is 24.8 Å². The number of ether oxygens (including phenoxy) is 1.